The van der Waals surface area contributed by atoms with Gasteiger partial charge in [0.1, 0.15) is 0 Å². The zero-order chi connectivity index (χ0) is 9.94. The topological polar surface area (TPSA) is 132 Å². The maximum Gasteiger partial charge on any atom is 1.00 e. The standard InChI is InChI=1S/C4H6O7S.Ag/c5-3(6)1-2(4(7)8)12(9,10)11;/h2H,1H2,(H,5,6)(H,7,8)(H,9,10,11);/q;+1/p-1. The molecule has 0 fully saturated rings. The fraction of sp³-hybridized carbons (Fsp3) is 0.500. The van der Waals surface area contributed by atoms with Crippen molar-refractivity contribution in [3.8, 4) is 0 Å². The molecule has 0 amide bonds. The molecule has 2 N–H and O–H groups in total. The molecule has 0 spiro atoms. The van der Waals surface area contributed by atoms with Crippen LogP contribution in [0, 0.1) is 0 Å². The summed E-state index contributed by atoms with van der Waals surface area (Å²) in [6, 6.07) is 0. The van der Waals surface area contributed by atoms with E-state index in [1.54, 1.807) is 0 Å². The van der Waals surface area contributed by atoms with Gasteiger partial charge >= 0.3 is 28.3 Å². The van der Waals surface area contributed by atoms with Crippen LogP contribution in [0.2, 0.25) is 0 Å². The normalized spacial score (nSPS) is 12.7. The van der Waals surface area contributed by atoms with Gasteiger partial charge in [-0.25, -0.2) is 0 Å². The van der Waals surface area contributed by atoms with Crippen LogP contribution in [0.5, 0.6) is 0 Å². The molecule has 1 unspecified atom stereocenters. The van der Waals surface area contributed by atoms with Gasteiger partial charge in [0, 0.05) is 12.4 Å². The number of hydrogen-bond donors (Lipinski definition) is 2. The summed E-state index contributed by atoms with van der Waals surface area (Å²) in [5.41, 5.74) is 0. The molecular weight excluding hydrogens is 300 g/mol. The van der Waals surface area contributed by atoms with E-state index in [2.05, 4.69) is 0 Å². The Balaban J connectivity index is 0. The molecule has 13 heavy (non-hydrogen) atoms. The zero-order valence-electron chi connectivity index (χ0n) is 5.93. The van der Waals surface area contributed by atoms with Gasteiger partial charge < -0.3 is 15.0 Å². The Hall–Kier alpha value is -0.410. The molecule has 0 radical (unpaired) electrons. The molecule has 80 valence electrons. The minimum Gasteiger partial charge on any atom is -0.550 e. The molecule has 0 aliphatic carbocycles. The summed E-state index contributed by atoms with van der Waals surface area (Å²) >= 11 is 0. The first-order chi connectivity index (χ1) is 5.25. The Labute approximate surface area is 89.0 Å². The van der Waals surface area contributed by atoms with Crippen LogP contribution in [0.25, 0.3) is 0 Å². The molecule has 0 saturated heterocycles. The van der Waals surface area contributed by atoms with Crippen molar-refractivity contribution < 1.29 is 55.2 Å². The predicted octanol–water partition coefficient (Wildman–Crippen LogP) is -2.54. The maximum atomic E-state index is 10.2. The van der Waals surface area contributed by atoms with Crippen molar-refractivity contribution in [3.63, 3.8) is 0 Å². The molecule has 0 aromatic rings. The smallest absolute Gasteiger partial charge is 0.550 e. The van der Waals surface area contributed by atoms with Gasteiger partial charge in [0.05, 0.1) is 0 Å². The predicted molar refractivity (Wildman–Crippen MR) is 32.6 cm³/mol. The first-order valence-electron chi connectivity index (χ1n) is 2.64. The largest absolute Gasteiger partial charge is 1.00 e. The first-order valence-corrected chi connectivity index (χ1v) is 4.14. The van der Waals surface area contributed by atoms with Crippen LogP contribution < -0.4 is 5.11 Å². The van der Waals surface area contributed by atoms with Crippen molar-refractivity contribution in [2.45, 2.75) is 11.7 Å². The zero-order valence-corrected chi connectivity index (χ0v) is 8.23. The van der Waals surface area contributed by atoms with E-state index in [1.807, 2.05) is 0 Å². The van der Waals surface area contributed by atoms with Crippen molar-refractivity contribution in [1.82, 2.24) is 0 Å². The van der Waals surface area contributed by atoms with E-state index in [0.717, 1.165) is 0 Å². The Morgan fingerprint density at radius 3 is 1.85 bits per heavy atom. The van der Waals surface area contributed by atoms with Gasteiger partial charge in [0.15, 0.2) is 5.25 Å². The molecule has 0 bridgehead atoms. The minimum atomic E-state index is -4.88. The Morgan fingerprint density at radius 1 is 1.38 bits per heavy atom. The maximum absolute atomic E-state index is 10.2. The number of carboxylic acids is 2. The van der Waals surface area contributed by atoms with E-state index in [-0.39, 0.29) is 22.4 Å². The summed E-state index contributed by atoms with van der Waals surface area (Å²) in [4.78, 5) is 19.9. The van der Waals surface area contributed by atoms with Crippen LogP contribution in [0.1, 0.15) is 6.42 Å². The monoisotopic (exact) mass is 304 g/mol. The second kappa shape index (κ2) is 5.35. The molecule has 7 nitrogen and oxygen atoms in total. The van der Waals surface area contributed by atoms with E-state index in [4.69, 9.17) is 9.66 Å². The molecular formula is C4H5AgO7S. The molecule has 0 heterocycles. The SMILES string of the molecule is O=C([O-])CC(C(=O)O)S(=O)(=O)O.[Ag+]. The van der Waals surface area contributed by atoms with Gasteiger partial charge in [0.2, 0.25) is 0 Å². The number of aliphatic carboxylic acids is 2. The average molecular weight is 305 g/mol. The van der Waals surface area contributed by atoms with Gasteiger partial charge in [-0.05, 0) is 0 Å². The van der Waals surface area contributed by atoms with E-state index in [0.29, 0.717) is 0 Å². The van der Waals surface area contributed by atoms with Crippen LogP contribution in [0.3, 0.4) is 0 Å². The Morgan fingerprint density at radius 2 is 1.77 bits per heavy atom. The van der Waals surface area contributed by atoms with E-state index in [9.17, 15) is 23.1 Å². The molecule has 1 atom stereocenters. The van der Waals surface area contributed by atoms with Gasteiger partial charge in [-0.1, -0.05) is 0 Å². The summed E-state index contributed by atoms with van der Waals surface area (Å²) < 4.78 is 28.6. The number of rotatable bonds is 4. The van der Waals surface area contributed by atoms with Crippen LogP contribution in [-0.2, 0) is 42.1 Å². The minimum absolute atomic E-state index is 0. The molecule has 0 aromatic carbocycles. The summed E-state index contributed by atoms with van der Waals surface area (Å²) in [5.74, 6) is -3.79. The third-order valence-electron chi connectivity index (χ3n) is 0.987. The van der Waals surface area contributed by atoms with E-state index >= 15 is 0 Å². The van der Waals surface area contributed by atoms with Crippen LogP contribution in [0.15, 0.2) is 0 Å². The number of carboxylic acid groups (broad SMARTS) is 2. The summed E-state index contributed by atoms with van der Waals surface area (Å²) in [5, 5.41) is 15.6. The molecule has 0 saturated carbocycles. The van der Waals surface area contributed by atoms with Crippen molar-refractivity contribution in [2.75, 3.05) is 0 Å². The van der Waals surface area contributed by atoms with E-state index < -0.39 is 33.7 Å². The average Bonchev–Trinajstić information content (AvgIpc) is 1.79. The van der Waals surface area contributed by atoms with Gasteiger partial charge in [-0.15, -0.1) is 0 Å². The van der Waals surface area contributed by atoms with Crippen LogP contribution in [-0.4, -0.2) is 35.3 Å². The number of carbonyl (C=O) groups is 2. The Bertz CT molecular complexity index is 294. The third kappa shape index (κ3) is 5.77. The molecule has 0 rings (SSSR count). The Kier molecular flexibility index (Phi) is 6.20. The number of carbonyl (C=O) groups excluding carboxylic acids is 1. The summed E-state index contributed by atoms with van der Waals surface area (Å²) in [6.07, 6.45) is -1.27. The van der Waals surface area contributed by atoms with Crippen molar-refractivity contribution >= 4 is 22.1 Å². The van der Waals surface area contributed by atoms with Gasteiger partial charge in [0.25, 0.3) is 10.1 Å². The van der Waals surface area contributed by atoms with Crippen LogP contribution >= 0.6 is 0 Å². The fourth-order valence-corrected chi connectivity index (χ4v) is 1.07. The molecule has 0 aliphatic rings. The van der Waals surface area contributed by atoms with E-state index in [1.165, 1.54) is 0 Å². The second-order valence-corrected chi connectivity index (χ2v) is 3.52. The summed E-state index contributed by atoms with van der Waals surface area (Å²) in [6.45, 7) is 0. The van der Waals surface area contributed by atoms with Gasteiger partial charge in [-0.2, -0.15) is 8.42 Å². The number of hydrogen-bond acceptors (Lipinski definition) is 5. The van der Waals surface area contributed by atoms with Crippen LogP contribution in [0.4, 0.5) is 0 Å². The summed E-state index contributed by atoms with van der Waals surface area (Å²) in [7, 11) is -4.88. The fourth-order valence-electron chi connectivity index (χ4n) is 0.471. The molecule has 0 aliphatic heterocycles. The van der Waals surface area contributed by atoms with Gasteiger partial charge in [-0.3, -0.25) is 9.35 Å². The quantitative estimate of drug-likeness (QED) is 0.432. The van der Waals surface area contributed by atoms with Crippen molar-refractivity contribution in [2.24, 2.45) is 0 Å². The molecule has 0 aromatic heterocycles. The van der Waals surface area contributed by atoms with Crippen molar-refractivity contribution in [1.29, 1.82) is 0 Å². The first kappa shape index (κ1) is 15.1. The second-order valence-electron chi connectivity index (χ2n) is 1.92. The van der Waals surface area contributed by atoms with Crippen molar-refractivity contribution in [3.05, 3.63) is 0 Å². The molecule has 9 heteroatoms. The third-order valence-corrected chi connectivity index (χ3v) is 2.07.